The number of primary amides is 1. The molecule has 31 heavy (non-hydrogen) atoms. The first-order chi connectivity index (χ1) is 15.0. The van der Waals surface area contributed by atoms with Gasteiger partial charge in [-0.15, -0.1) is 0 Å². The van der Waals surface area contributed by atoms with Crippen molar-refractivity contribution in [3.05, 3.63) is 70.7 Å². The Morgan fingerprint density at radius 3 is 2.55 bits per heavy atom. The molecule has 1 aliphatic rings. The summed E-state index contributed by atoms with van der Waals surface area (Å²) in [5, 5.41) is 1.47. The number of nitrogens with two attached hydrogens (primary N) is 1. The van der Waals surface area contributed by atoms with E-state index in [2.05, 4.69) is 30.0 Å². The average molecular weight is 453 g/mol. The highest BCUT2D eigenvalue weighted by molar-refractivity contribution is 7.98. The summed E-state index contributed by atoms with van der Waals surface area (Å²) in [5.74, 6) is 1.40. The first-order valence-electron chi connectivity index (χ1n) is 10.4. The monoisotopic (exact) mass is 452 g/mol. The topological polar surface area (TPSA) is 72.1 Å². The molecule has 0 unspecified atom stereocenters. The van der Waals surface area contributed by atoms with Gasteiger partial charge in [0.2, 0.25) is 5.91 Å². The van der Waals surface area contributed by atoms with Crippen LogP contribution in [0.5, 0.6) is 0 Å². The summed E-state index contributed by atoms with van der Waals surface area (Å²) in [6.45, 7) is 3.61. The third-order valence-corrected chi connectivity index (χ3v) is 6.68. The number of anilines is 1. The fourth-order valence-electron chi connectivity index (χ4n) is 3.71. The molecule has 5 nitrogen and oxygen atoms in total. The molecule has 0 radical (unpaired) electrons. The molecule has 1 aliphatic heterocycles. The molecular weight excluding hydrogens is 428 g/mol. The number of nitrogens with zero attached hydrogens (tertiary/aromatic N) is 3. The number of benzene rings is 2. The Kier molecular flexibility index (Phi) is 6.78. The van der Waals surface area contributed by atoms with Gasteiger partial charge in [0, 0.05) is 41.4 Å². The quantitative estimate of drug-likeness (QED) is 0.416. The maximum absolute atomic E-state index is 11.5. The Morgan fingerprint density at radius 2 is 1.87 bits per heavy atom. The van der Waals surface area contributed by atoms with Crippen LogP contribution in [0.4, 0.5) is 5.82 Å². The van der Waals surface area contributed by atoms with Crippen LogP contribution in [0, 0.1) is 12.8 Å². The zero-order valence-electron chi connectivity index (χ0n) is 17.4. The van der Waals surface area contributed by atoms with Gasteiger partial charge < -0.3 is 10.6 Å². The van der Waals surface area contributed by atoms with Gasteiger partial charge >= 0.3 is 0 Å². The summed E-state index contributed by atoms with van der Waals surface area (Å²) in [6, 6.07) is 18.2. The molecule has 1 fully saturated rings. The second kappa shape index (κ2) is 9.71. The van der Waals surface area contributed by atoms with Crippen LogP contribution in [0.3, 0.4) is 0 Å². The van der Waals surface area contributed by atoms with E-state index in [1.54, 1.807) is 11.8 Å². The molecule has 2 aromatic carbocycles. The Hall–Kier alpha value is -2.57. The Balaban J connectivity index is 1.60. The number of carbonyl (C=O) groups is 1. The third kappa shape index (κ3) is 5.57. The Bertz CT molecular complexity index is 1070. The van der Waals surface area contributed by atoms with E-state index in [1.807, 2.05) is 36.4 Å². The van der Waals surface area contributed by atoms with Gasteiger partial charge in [0.25, 0.3) is 0 Å². The van der Waals surface area contributed by atoms with Crippen LogP contribution >= 0.6 is 23.4 Å². The fraction of sp³-hybridized carbons (Fsp3) is 0.292. The summed E-state index contributed by atoms with van der Waals surface area (Å²) >= 11 is 7.61. The molecule has 1 aromatic heterocycles. The highest BCUT2D eigenvalue weighted by atomic mass is 35.5. The maximum Gasteiger partial charge on any atom is 0.220 e. The van der Waals surface area contributed by atoms with Gasteiger partial charge in [-0.05, 0) is 43.5 Å². The molecule has 4 rings (SSSR count). The van der Waals surface area contributed by atoms with Gasteiger partial charge in [0.1, 0.15) is 5.82 Å². The van der Waals surface area contributed by atoms with Gasteiger partial charge in [0.15, 0.2) is 5.16 Å². The van der Waals surface area contributed by atoms with E-state index in [9.17, 15) is 4.79 Å². The van der Waals surface area contributed by atoms with E-state index in [4.69, 9.17) is 27.3 Å². The normalized spacial score (nSPS) is 14.6. The Labute approximate surface area is 192 Å². The predicted octanol–water partition coefficient (Wildman–Crippen LogP) is 5.10. The molecule has 2 heterocycles. The second-order valence-corrected chi connectivity index (χ2v) is 9.22. The number of halogens is 1. The van der Waals surface area contributed by atoms with Gasteiger partial charge in [-0.3, -0.25) is 4.79 Å². The summed E-state index contributed by atoms with van der Waals surface area (Å²) in [4.78, 5) is 23.4. The molecule has 1 saturated heterocycles. The lowest BCUT2D eigenvalue weighted by Gasteiger charge is -2.31. The summed E-state index contributed by atoms with van der Waals surface area (Å²) in [6.07, 6.45) is 1.51. The van der Waals surface area contributed by atoms with Crippen molar-refractivity contribution in [3.63, 3.8) is 0 Å². The average Bonchev–Trinajstić information content (AvgIpc) is 2.78. The number of amides is 1. The number of hydrogen-bond donors (Lipinski definition) is 1. The largest absolute Gasteiger partial charge is 0.369 e. The molecule has 0 saturated carbocycles. The van der Waals surface area contributed by atoms with Crippen LogP contribution in [0.2, 0.25) is 5.02 Å². The molecular formula is C24H25ClN4OS. The van der Waals surface area contributed by atoms with E-state index < -0.39 is 0 Å². The molecule has 0 spiro atoms. The van der Waals surface area contributed by atoms with Crippen molar-refractivity contribution < 1.29 is 4.79 Å². The van der Waals surface area contributed by atoms with Crippen LogP contribution in [0.15, 0.2) is 59.8 Å². The molecule has 0 atom stereocenters. The summed E-state index contributed by atoms with van der Waals surface area (Å²) < 4.78 is 0. The number of rotatable bonds is 6. The van der Waals surface area contributed by atoms with Crippen LogP contribution in [-0.4, -0.2) is 29.0 Å². The minimum absolute atomic E-state index is 0.0481. The lowest BCUT2D eigenvalue weighted by molar-refractivity contribution is -0.122. The number of aromatic nitrogens is 2. The number of aryl methyl sites for hydroxylation is 1. The predicted molar refractivity (Wildman–Crippen MR) is 127 cm³/mol. The van der Waals surface area contributed by atoms with Crippen molar-refractivity contribution in [2.45, 2.75) is 30.7 Å². The van der Waals surface area contributed by atoms with Crippen LogP contribution in [0.25, 0.3) is 11.3 Å². The van der Waals surface area contributed by atoms with Crippen molar-refractivity contribution in [3.8, 4) is 11.3 Å². The van der Waals surface area contributed by atoms with Crippen molar-refractivity contribution >= 4 is 35.1 Å². The van der Waals surface area contributed by atoms with E-state index in [0.29, 0.717) is 0 Å². The smallest absolute Gasteiger partial charge is 0.220 e. The first kappa shape index (κ1) is 21.7. The highest BCUT2D eigenvalue weighted by Crippen LogP contribution is 2.30. The molecule has 3 aromatic rings. The minimum Gasteiger partial charge on any atom is -0.369 e. The lowest BCUT2D eigenvalue weighted by Crippen LogP contribution is -2.39. The SMILES string of the molecule is Cc1cccc(-c2cc(N3CCC(C(N)=O)CC3)nc(SCc3ccc(Cl)cc3)n2)c1. The van der Waals surface area contributed by atoms with Gasteiger partial charge in [-0.2, -0.15) is 0 Å². The second-order valence-electron chi connectivity index (χ2n) is 7.84. The standard InChI is InChI=1S/C24H25ClN4OS/c1-16-3-2-4-19(13-16)21-14-22(29-11-9-18(10-12-29)23(26)30)28-24(27-21)31-15-17-5-7-20(25)8-6-17/h2-8,13-14,18H,9-12,15H2,1H3,(H2,26,30). The molecule has 1 amide bonds. The fourth-order valence-corrected chi connectivity index (χ4v) is 4.65. The lowest BCUT2D eigenvalue weighted by atomic mass is 9.96. The minimum atomic E-state index is -0.206. The van der Waals surface area contributed by atoms with Gasteiger partial charge in [0.05, 0.1) is 5.69 Å². The molecule has 7 heteroatoms. The van der Waals surface area contributed by atoms with E-state index in [-0.39, 0.29) is 11.8 Å². The Morgan fingerprint density at radius 1 is 1.13 bits per heavy atom. The van der Waals surface area contributed by atoms with Crippen molar-refractivity contribution in [2.75, 3.05) is 18.0 Å². The third-order valence-electron chi connectivity index (χ3n) is 5.51. The zero-order valence-corrected chi connectivity index (χ0v) is 19.0. The van der Waals surface area contributed by atoms with Gasteiger partial charge in [-0.1, -0.05) is 59.3 Å². The number of thioether (sulfide) groups is 1. The van der Waals surface area contributed by atoms with E-state index in [0.717, 1.165) is 58.9 Å². The van der Waals surface area contributed by atoms with E-state index >= 15 is 0 Å². The molecule has 0 bridgehead atoms. The number of piperidine rings is 1. The molecule has 160 valence electrons. The highest BCUT2D eigenvalue weighted by Gasteiger charge is 2.24. The van der Waals surface area contributed by atoms with Crippen molar-refractivity contribution in [2.24, 2.45) is 11.7 Å². The molecule has 2 N–H and O–H groups in total. The van der Waals surface area contributed by atoms with Crippen molar-refractivity contribution in [1.82, 2.24) is 9.97 Å². The maximum atomic E-state index is 11.5. The van der Waals surface area contributed by atoms with E-state index in [1.165, 1.54) is 11.1 Å². The number of hydrogen-bond acceptors (Lipinski definition) is 5. The van der Waals surface area contributed by atoms with Crippen molar-refractivity contribution in [1.29, 1.82) is 0 Å². The van der Waals surface area contributed by atoms with Crippen LogP contribution in [-0.2, 0) is 10.5 Å². The van der Waals surface area contributed by atoms with Gasteiger partial charge in [-0.25, -0.2) is 9.97 Å². The van der Waals surface area contributed by atoms with Crippen LogP contribution < -0.4 is 10.6 Å². The van der Waals surface area contributed by atoms with Crippen LogP contribution in [0.1, 0.15) is 24.0 Å². The number of carbonyl (C=O) groups excluding carboxylic acids is 1. The molecule has 0 aliphatic carbocycles. The summed E-state index contributed by atoms with van der Waals surface area (Å²) in [5.41, 5.74) is 9.84. The first-order valence-corrected chi connectivity index (χ1v) is 11.7. The zero-order chi connectivity index (χ0) is 21.8. The summed E-state index contributed by atoms with van der Waals surface area (Å²) in [7, 11) is 0.